The van der Waals surface area contributed by atoms with Crippen molar-refractivity contribution in [3.8, 4) is 0 Å². The van der Waals surface area contributed by atoms with Crippen molar-refractivity contribution in [1.29, 1.82) is 0 Å². The lowest BCUT2D eigenvalue weighted by atomic mass is 10.2. The van der Waals surface area contributed by atoms with E-state index in [9.17, 15) is 4.79 Å². The van der Waals surface area contributed by atoms with Crippen LogP contribution in [0.3, 0.4) is 0 Å². The van der Waals surface area contributed by atoms with Gasteiger partial charge in [-0.1, -0.05) is 18.5 Å². The van der Waals surface area contributed by atoms with Gasteiger partial charge in [-0.3, -0.25) is 4.79 Å². The van der Waals surface area contributed by atoms with Crippen molar-refractivity contribution in [2.45, 2.75) is 13.3 Å². The molecule has 0 atom stereocenters. The predicted molar refractivity (Wildman–Crippen MR) is 63.1 cm³/mol. The van der Waals surface area contributed by atoms with E-state index in [0.29, 0.717) is 23.6 Å². The maximum atomic E-state index is 11.9. The Morgan fingerprint density at radius 3 is 2.94 bits per heavy atom. The Hall–Kier alpha value is -1.88. The average Bonchev–Trinajstić information content (AvgIpc) is 2.80. The Morgan fingerprint density at radius 1 is 1.47 bits per heavy atom. The van der Waals surface area contributed by atoms with Gasteiger partial charge in [0.2, 0.25) is 0 Å². The highest BCUT2D eigenvalue weighted by molar-refractivity contribution is 6.29. The maximum absolute atomic E-state index is 11.9. The van der Waals surface area contributed by atoms with E-state index in [1.54, 1.807) is 6.07 Å². The van der Waals surface area contributed by atoms with Gasteiger partial charge >= 0.3 is 0 Å². The molecule has 0 fully saturated rings. The summed E-state index contributed by atoms with van der Waals surface area (Å²) in [7, 11) is 0. The van der Waals surface area contributed by atoms with Crippen LogP contribution in [0.25, 0.3) is 0 Å². The number of carbonyl (C=O) groups is 1. The van der Waals surface area contributed by atoms with Crippen molar-refractivity contribution < 1.29 is 9.21 Å². The van der Waals surface area contributed by atoms with Gasteiger partial charge in [0.25, 0.3) is 5.91 Å². The number of hydrogen-bond donors (Lipinski definition) is 1. The second kappa shape index (κ2) is 4.97. The third-order valence-electron chi connectivity index (χ3n) is 2.17. The van der Waals surface area contributed by atoms with Crippen molar-refractivity contribution in [2.75, 3.05) is 5.32 Å². The third kappa shape index (κ3) is 2.62. The molecule has 0 aliphatic heterocycles. The first-order valence-corrected chi connectivity index (χ1v) is 5.43. The Morgan fingerprint density at radius 2 is 2.29 bits per heavy atom. The summed E-state index contributed by atoms with van der Waals surface area (Å²) in [4.78, 5) is 19.6. The molecule has 1 N–H and O–H groups in total. The van der Waals surface area contributed by atoms with Crippen molar-refractivity contribution >= 4 is 23.3 Å². The molecule has 0 aliphatic carbocycles. The molecule has 1 amide bonds. The van der Waals surface area contributed by atoms with Crippen LogP contribution in [-0.2, 0) is 6.42 Å². The number of halogens is 1. The topological polar surface area (TPSA) is 68.0 Å². The molecule has 17 heavy (non-hydrogen) atoms. The van der Waals surface area contributed by atoms with Crippen LogP contribution in [-0.4, -0.2) is 15.9 Å². The zero-order valence-corrected chi connectivity index (χ0v) is 9.86. The minimum Gasteiger partial charge on any atom is -0.469 e. The molecule has 0 aromatic carbocycles. The first kappa shape index (κ1) is 11.6. The fraction of sp³-hybridized carbons (Fsp3) is 0.182. The van der Waals surface area contributed by atoms with Gasteiger partial charge in [0.05, 0.1) is 24.2 Å². The number of nitrogens with zero attached hydrogens (tertiary/aromatic N) is 2. The maximum Gasteiger partial charge on any atom is 0.260 e. The average molecular weight is 252 g/mol. The summed E-state index contributed by atoms with van der Waals surface area (Å²) in [5.41, 5.74) is 0.504. The molecule has 0 saturated heterocycles. The second-order valence-corrected chi connectivity index (χ2v) is 3.68. The van der Waals surface area contributed by atoms with E-state index in [4.69, 9.17) is 16.0 Å². The molecule has 0 radical (unpaired) electrons. The van der Waals surface area contributed by atoms with Gasteiger partial charge in [-0.2, -0.15) is 0 Å². The van der Waals surface area contributed by atoms with Crippen LogP contribution >= 0.6 is 11.6 Å². The van der Waals surface area contributed by atoms with Crippen LogP contribution in [0.5, 0.6) is 0 Å². The van der Waals surface area contributed by atoms with Gasteiger partial charge in [-0.25, -0.2) is 9.97 Å². The molecule has 6 heteroatoms. The van der Waals surface area contributed by atoms with Crippen LogP contribution in [0.2, 0.25) is 5.15 Å². The van der Waals surface area contributed by atoms with Crippen molar-refractivity contribution in [2.24, 2.45) is 0 Å². The molecular weight excluding hydrogens is 242 g/mol. The number of rotatable bonds is 3. The van der Waals surface area contributed by atoms with Crippen LogP contribution in [0, 0.1) is 0 Å². The standard InChI is InChI=1S/C11H10ClN3O2/c1-2-8-7(3-4-17-8)11(16)15-10-6-13-9(12)5-14-10/h3-6H,2H2,1H3,(H,14,15,16). The summed E-state index contributed by atoms with van der Waals surface area (Å²) in [5.74, 6) is 0.722. The minimum atomic E-state index is -0.271. The number of aryl methyl sites for hydroxylation is 1. The van der Waals surface area contributed by atoms with E-state index in [1.165, 1.54) is 18.7 Å². The molecule has 0 aliphatic rings. The molecule has 88 valence electrons. The molecule has 2 aromatic heterocycles. The van der Waals surface area contributed by atoms with Crippen molar-refractivity contribution in [1.82, 2.24) is 9.97 Å². The molecule has 2 aromatic rings. The first-order chi connectivity index (χ1) is 8.20. The summed E-state index contributed by atoms with van der Waals surface area (Å²) >= 11 is 5.59. The van der Waals surface area contributed by atoms with Crippen LogP contribution in [0.4, 0.5) is 5.82 Å². The zero-order valence-electron chi connectivity index (χ0n) is 9.11. The lowest BCUT2D eigenvalue weighted by Crippen LogP contribution is -2.13. The molecule has 0 saturated carbocycles. The lowest BCUT2D eigenvalue weighted by Gasteiger charge is -2.03. The van der Waals surface area contributed by atoms with Gasteiger partial charge in [0.1, 0.15) is 10.9 Å². The van der Waals surface area contributed by atoms with E-state index >= 15 is 0 Å². The van der Waals surface area contributed by atoms with Gasteiger partial charge in [-0.15, -0.1) is 0 Å². The molecule has 2 rings (SSSR count). The Bertz CT molecular complexity index is 522. The smallest absolute Gasteiger partial charge is 0.260 e. The molecule has 0 unspecified atom stereocenters. The summed E-state index contributed by atoms with van der Waals surface area (Å²) < 4.78 is 5.17. The van der Waals surface area contributed by atoms with Gasteiger partial charge in [0.15, 0.2) is 5.82 Å². The Balaban J connectivity index is 2.14. The van der Waals surface area contributed by atoms with E-state index in [1.807, 2.05) is 6.92 Å². The number of carbonyl (C=O) groups excluding carboxylic acids is 1. The van der Waals surface area contributed by atoms with Crippen LogP contribution < -0.4 is 5.32 Å². The first-order valence-electron chi connectivity index (χ1n) is 5.06. The minimum absolute atomic E-state index is 0.271. The van der Waals surface area contributed by atoms with Crippen molar-refractivity contribution in [3.63, 3.8) is 0 Å². The predicted octanol–water partition coefficient (Wildman–Crippen LogP) is 2.54. The fourth-order valence-corrected chi connectivity index (χ4v) is 1.47. The van der Waals surface area contributed by atoms with E-state index in [-0.39, 0.29) is 11.1 Å². The Labute approximate surface area is 103 Å². The van der Waals surface area contributed by atoms with Crippen molar-refractivity contribution in [3.05, 3.63) is 41.2 Å². The lowest BCUT2D eigenvalue weighted by molar-refractivity contribution is 0.102. The van der Waals surface area contributed by atoms with Gasteiger partial charge in [-0.05, 0) is 6.07 Å². The fourth-order valence-electron chi connectivity index (χ4n) is 1.38. The highest BCUT2D eigenvalue weighted by atomic mass is 35.5. The van der Waals surface area contributed by atoms with Gasteiger partial charge in [0, 0.05) is 6.42 Å². The highest BCUT2D eigenvalue weighted by Crippen LogP contribution is 2.13. The second-order valence-electron chi connectivity index (χ2n) is 3.29. The molecule has 0 bridgehead atoms. The van der Waals surface area contributed by atoms with Crippen LogP contribution in [0.15, 0.2) is 29.1 Å². The molecule has 0 spiro atoms. The number of amides is 1. The summed E-state index contributed by atoms with van der Waals surface area (Å²) in [6.45, 7) is 1.91. The summed E-state index contributed by atoms with van der Waals surface area (Å²) in [6.07, 6.45) is 4.91. The number of anilines is 1. The van der Waals surface area contributed by atoms with E-state index in [0.717, 1.165) is 0 Å². The monoisotopic (exact) mass is 251 g/mol. The summed E-state index contributed by atoms with van der Waals surface area (Å²) in [6, 6.07) is 1.62. The largest absolute Gasteiger partial charge is 0.469 e. The number of furan rings is 1. The highest BCUT2D eigenvalue weighted by Gasteiger charge is 2.13. The number of nitrogens with one attached hydrogen (secondary N) is 1. The van der Waals surface area contributed by atoms with Gasteiger partial charge < -0.3 is 9.73 Å². The normalized spacial score (nSPS) is 10.2. The molecular formula is C11H10ClN3O2. The number of aromatic nitrogens is 2. The quantitative estimate of drug-likeness (QED) is 0.910. The van der Waals surface area contributed by atoms with E-state index < -0.39 is 0 Å². The number of hydrogen-bond acceptors (Lipinski definition) is 4. The Kier molecular flexibility index (Phi) is 3.39. The SMILES string of the molecule is CCc1occc1C(=O)Nc1cnc(Cl)cn1. The van der Waals surface area contributed by atoms with E-state index in [2.05, 4.69) is 15.3 Å². The zero-order chi connectivity index (χ0) is 12.3. The molecule has 2 heterocycles. The molecule has 5 nitrogen and oxygen atoms in total. The summed E-state index contributed by atoms with van der Waals surface area (Å²) in [5, 5.41) is 2.89. The van der Waals surface area contributed by atoms with Crippen LogP contribution in [0.1, 0.15) is 23.0 Å². The third-order valence-corrected chi connectivity index (χ3v) is 2.37.